The average molecular weight is 196 g/mol. The zero-order valence-corrected chi connectivity index (χ0v) is 10.0. The summed E-state index contributed by atoms with van der Waals surface area (Å²) < 4.78 is 0. The second-order valence-corrected chi connectivity index (χ2v) is 4.99. The van der Waals surface area contributed by atoms with Gasteiger partial charge in [-0.2, -0.15) is 0 Å². The summed E-state index contributed by atoms with van der Waals surface area (Å²) in [6.07, 6.45) is 7.22. The van der Waals surface area contributed by atoms with Gasteiger partial charge < -0.3 is 9.80 Å². The largest absolute Gasteiger partial charge is 0.309 e. The Morgan fingerprint density at radius 3 is 1.50 bits per heavy atom. The molecule has 0 aliphatic heterocycles. The van der Waals surface area contributed by atoms with Gasteiger partial charge in [0.25, 0.3) is 0 Å². The summed E-state index contributed by atoms with van der Waals surface area (Å²) in [4.78, 5) is 4.62. The number of hydrogen-bond acceptors (Lipinski definition) is 2. The molecule has 1 aliphatic rings. The Hall–Kier alpha value is -0.340. The minimum absolute atomic E-state index is 0.845. The molecule has 0 saturated heterocycles. The lowest BCUT2D eigenvalue weighted by Crippen LogP contribution is -2.34. The van der Waals surface area contributed by atoms with Crippen molar-refractivity contribution in [1.82, 2.24) is 9.80 Å². The molecule has 1 aliphatic carbocycles. The maximum Gasteiger partial charge on any atom is 0.000976 e. The monoisotopic (exact) mass is 196 g/mol. The van der Waals surface area contributed by atoms with E-state index in [-0.39, 0.29) is 0 Å². The van der Waals surface area contributed by atoms with Crippen LogP contribution in [0.1, 0.15) is 12.8 Å². The molecule has 0 saturated carbocycles. The molecule has 0 unspecified atom stereocenters. The van der Waals surface area contributed by atoms with Gasteiger partial charge in [0.15, 0.2) is 0 Å². The number of nitrogens with zero attached hydrogens (tertiary/aromatic N) is 2. The molecule has 0 bridgehead atoms. The minimum Gasteiger partial charge on any atom is -0.309 e. The van der Waals surface area contributed by atoms with Gasteiger partial charge in [-0.05, 0) is 52.9 Å². The Morgan fingerprint density at radius 2 is 1.21 bits per heavy atom. The summed E-state index contributed by atoms with van der Waals surface area (Å²) in [6, 6.07) is 0. The van der Waals surface area contributed by atoms with Crippen molar-refractivity contribution in [3.63, 3.8) is 0 Å². The fourth-order valence-electron chi connectivity index (χ4n) is 2.31. The molecule has 0 amide bonds. The Kier molecular flexibility index (Phi) is 4.63. The van der Waals surface area contributed by atoms with Crippen LogP contribution in [0.5, 0.6) is 0 Å². The van der Waals surface area contributed by atoms with Crippen LogP contribution < -0.4 is 0 Å². The molecule has 2 heteroatoms. The molecule has 1 rings (SSSR count). The molecular weight excluding hydrogens is 172 g/mol. The van der Waals surface area contributed by atoms with Crippen LogP contribution in [0.25, 0.3) is 0 Å². The quantitative estimate of drug-likeness (QED) is 0.631. The van der Waals surface area contributed by atoms with Gasteiger partial charge in [0.1, 0.15) is 0 Å². The van der Waals surface area contributed by atoms with E-state index >= 15 is 0 Å². The van der Waals surface area contributed by atoms with E-state index in [0.29, 0.717) is 0 Å². The van der Waals surface area contributed by atoms with Crippen LogP contribution in [0.15, 0.2) is 12.2 Å². The first-order chi connectivity index (χ1) is 6.59. The van der Waals surface area contributed by atoms with Crippen LogP contribution in [-0.4, -0.2) is 51.1 Å². The molecule has 0 aromatic rings. The topological polar surface area (TPSA) is 6.48 Å². The van der Waals surface area contributed by atoms with E-state index in [1.807, 2.05) is 0 Å². The zero-order valence-electron chi connectivity index (χ0n) is 10.0. The first-order valence-corrected chi connectivity index (χ1v) is 5.54. The lowest BCUT2D eigenvalue weighted by atomic mass is 9.82. The smallest absolute Gasteiger partial charge is 0.000976 e. The van der Waals surface area contributed by atoms with E-state index in [4.69, 9.17) is 0 Å². The van der Waals surface area contributed by atoms with E-state index < -0.39 is 0 Å². The van der Waals surface area contributed by atoms with E-state index in [1.165, 1.54) is 25.9 Å². The third-order valence-corrected chi connectivity index (χ3v) is 2.91. The summed E-state index contributed by atoms with van der Waals surface area (Å²) in [5.74, 6) is 1.69. The fourth-order valence-corrected chi connectivity index (χ4v) is 2.31. The van der Waals surface area contributed by atoms with Gasteiger partial charge in [-0.25, -0.2) is 0 Å². The lowest BCUT2D eigenvalue weighted by Gasteiger charge is -2.32. The molecular formula is C12H24N2. The van der Waals surface area contributed by atoms with Gasteiger partial charge in [-0.1, -0.05) is 12.2 Å². The molecule has 2 nitrogen and oxygen atoms in total. The highest BCUT2D eigenvalue weighted by Gasteiger charge is 2.23. The highest BCUT2D eigenvalue weighted by atomic mass is 15.1. The fraction of sp³-hybridized carbons (Fsp3) is 0.833. The van der Waals surface area contributed by atoms with Crippen LogP contribution in [0.4, 0.5) is 0 Å². The first kappa shape index (κ1) is 11.7. The first-order valence-electron chi connectivity index (χ1n) is 5.54. The highest BCUT2D eigenvalue weighted by Crippen LogP contribution is 2.26. The molecule has 2 atom stereocenters. The summed E-state index contributed by atoms with van der Waals surface area (Å²) in [5.41, 5.74) is 0. The molecule has 0 spiro atoms. The van der Waals surface area contributed by atoms with Crippen molar-refractivity contribution in [2.24, 2.45) is 11.8 Å². The Morgan fingerprint density at radius 1 is 0.857 bits per heavy atom. The van der Waals surface area contributed by atoms with Crippen LogP contribution in [-0.2, 0) is 0 Å². The van der Waals surface area contributed by atoms with E-state index in [9.17, 15) is 0 Å². The highest BCUT2D eigenvalue weighted by molar-refractivity contribution is 4.95. The predicted molar refractivity (Wildman–Crippen MR) is 62.5 cm³/mol. The van der Waals surface area contributed by atoms with Gasteiger partial charge in [0, 0.05) is 13.1 Å². The summed E-state index contributed by atoms with van der Waals surface area (Å²) in [7, 11) is 8.69. The van der Waals surface area contributed by atoms with Gasteiger partial charge in [-0.15, -0.1) is 0 Å². The normalized spacial score (nSPS) is 27.6. The summed E-state index contributed by atoms with van der Waals surface area (Å²) in [6.45, 7) is 2.45. The van der Waals surface area contributed by atoms with Crippen LogP contribution in [0.3, 0.4) is 0 Å². The molecule has 0 fully saturated rings. The third-order valence-electron chi connectivity index (χ3n) is 2.91. The number of rotatable bonds is 4. The lowest BCUT2D eigenvalue weighted by molar-refractivity contribution is 0.197. The van der Waals surface area contributed by atoms with Crippen LogP contribution in [0.2, 0.25) is 0 Å². The van der Waals surface area contributed by atoms with Crippen LogP contribution in [0, 0.1) is 11.8 Å². The standard InChI is InChI=1S/C12H24N2/c1-13(2)9-11-7-5-6-8-12(11)10-14(3)4/h5-6,11-12H,7-10H2,1-4H3/t11-,12-/m0/s1. The average Bonchev–Trinajstić information content (AvgIpc) is 2.06. The molecule has 0 aromatic heterocycles. The van der Waals surface area contributed by atoms with Crippen molar-refractivity contribution >= 4 is 0 Å². The van der Waals surface area contributed by atoms with Gasteiger partial charge in [0.05, 0.1) is 0 Å². The number of hydrogen-bond donors (Lipinski definition) is 0. The molecule has 0 heterocycles. The second-order valence-electron chi connectivity index (χ2n) is 4.99. The van der Waals surface area contributed by atoms with Crippen LogP contribution >= 0.6 is 0 Å². The zero-order chi connectivity index (χ0) is 10.6. The summed E-state index contributed by atoms with van der Waals surface area (Å²) in [5, 5.41) is 0. The Balaban J connectivity index is 2.47. The molecule has 82 valence electrons. The maximum absolute atomic E-state index is 2.35. The Bertz CT molecular complexity index is 165. The minimum atomic E-state index is 0.845. The van der Waals surface area contributed by atoms with E-state index in [1.54, 1.807) is 0 Å². The van der Waals surface area contributed by atoms with Gasteiger partial charge >= 0.3 is 0 Å². The van der Waals surface area contributed by atoms with Crippen molar-refractivity contribution in [3.05, 3.63) is 12.2 Å². The predicted octanol–water partition coefficient (Wildman–Crippen LogP) is 1.69. The molecule has 0 radical (unpaired) electrons. The SMILES string of the molecule is CN(C)C[C@@H]1CC=CC[C@H]1CN(C)C. The van der Waals surface area contributed by atoms with E-state index in [0.717, 1.165) is 11.8 Å². The second kappa shape index (κ2) is 5.52. The molecule has 14 heavy (non-hydrogen) atoms. The third kappa shape index (κ3) is 3.81. The van der Waals surface area contributed by atoms with Crippen molar-refractivity contribution in [1.29, 1.82) is 0 Å². The van der Waals surface area contributed by atoms with Gasteiger partial charge in [-0.3, -0.25) is 0 Å². The molecule has 0 aromatic carbocycles. The van der Waals surface area contributed by atoms with Crippen molar-refractivity contribution < 1.29 is 0 Å². The Labute approximate surface area is 88.6 Å². The summed E-state index contributed by atoms with van der Waals surface area (Å²) >= 11 is 0. The van der Waals surface area contributed by atoms with Crippen molar-refractivity contribution in [2.75, 3.05) is 41.3 Å². The van der Waals surface area contributed by atoms with E-state index in [2.05, 4.69) is 50.1 Å². The van der Waals surface area contributed by atoms with Crippen molar-refractivity contribution in [2.45, 2.75) is 12.8 Å². The maximum atomic E-state index is 2.35. The van der Waals surface area contributed by atoms with Gasteiger partial charge in [0.2, 0.25) is 0 Å². The number of allylic oxidation sites excluding steroid dienone is 2. The molecule has 0 N–H and O–H groups in total. The van der Waals surface area contributed by atoms with Crippen molar-refractivity contribution in [3.8, 4) is 0 Å².